The van der Waals surface area contributed by atoms with Gasteiger partial charge in [-0.1, -0.05) is 30.6 Å². The number of nitrogens with two attached hydrogens (primary N) is 1. The molecular weight excluding hydrogens is 327 g/mol. The lowest BCUT2D eigenvalue weighted by atomic mass is 10.1. The van der Waals surface area contributed by atoms with Crippen molar-refractivity contribution in [3.05, 3.63) is 35.2 Å². The van der Waals surface area contributed by atoms with Gasteiger partial charge in [0.2, 0.25) is 17.6 Å². The van der Waals surface area contributed by atoms with Crippen LogP contribution in [0.5, 0.6) is 0 Å². The molecule has 2 rings (SSSR count). The SMILES string of the molecule is CC(C)[C@H](N)C(=O)NCc1nc(-c2ccc(Cl)cc2)no1.Cl. The van der Waals surface area contributed by atoms with E-state index in [9.17, 15) is 4.79 Å². The highest BCUT2D eigenvalue weighted by molar-refractivity contribution is 6.30. The normalized spacial score (nSPS) is 11.9. The van der Waals surface area contributed by atoms with Crippen molar-refractivity contribution >= 4 is 29.9 Å². The van der Waals surface area contributed by atoms with E-state index in [0.717, 1.165) is 5.56 Å². The van der Waals surface area contributed by atoms with Crippen molar-refractivity contribution in [3.63, 3.8) is 0 Å². The Morgan fingerprint density at radius 2 is 2.00 bits per heavy atom. The Labute approximate surface area is 139 Å². The van der Waals surface area contributed by atoms with Crippen molar-refractivity contribution < 1.29 is 9.32 Å². The van der Waals surface area contributed by atoms with Crippen molar-refractivity contribution in [1.29, 1.82) is 0 Å². The molecule has 0 aliphatic heterocycles. The van der Waals surface area contributed by atoms with Crippen LogP contribution in [0.25, 0.3) is 11.4 Å². The van der Waals surface area contributed by atoms with E-state index < -0.39 is 6.04 Å². The molecule has 0 spiro atoms. The standard InChI is InChI=1S/C14H17ClN4O2.ClH/c1-8(2)12(16)14(20)17-7-11-18-13(19-21-11)9-3-5-10(15)6-4-9;/h3-6,8,12H,7,16H2,1-2H3,(H,17,20);1H/t12-;/m0./s1. The van der Waals surface area contributed by atoms with E-state index >= 15 is 0 Å². The number of hydrogen-bond acceptors (Lipinski definition) is 5. The Hall–Kier alpha value is -1.63. The summed E-state index contributed by atoms with van der Waals surface area (Å²) in [5, 5.41) is 7.17. The van der Waals surface area contributed by atoms with Gasteiger partial charge in [0.05, 0.1) is 12.6 Å². The van der Waals surface area contributed by atoms with Crippen molar-refractivity contribution in [2.75, 3.05) is 0 Å². The largest absolute Gasteiger partial charge is 0.346 e. The number of benzene rings is 1. The second-order valence-electron chi connectivity index (χ2n) is 5.01. The summed E-state index contributed by atoms with van der Waals surface area (Å²) in [5.74, 6) is 0.599. The number of hydrogen-bond donors (Lipinski definition) is 2. The first-order valence-electron chi connectivity index (χ1n) is 6.59. The maximum Gasteiger partial charge on any atom is 0.246 e. The first kappa shape index (κ1) is 18.4. The third-order valence-corrected chi connectivity index (χ3v) is 3.26. The van der Waals surface area contributed by atoms with Gasteiger partial charge >= 0.3 is 0 Å². The van der Waals surface area contributed by atoms with E-state index in [4.69, 9.17) is 21.9 Å². The number of amides is 1. The van der Waals surface area contributed by atoms with Crippen molar-refractivity contribution in [2.45, 2.75) is 26.4 Å². The van der Waals surface area contributed by atoms with E-state index in [-0.39, 0.29) is 30.8 Å². The van der Waals surface area contributed by atoms with E-state index in [0.29, 0.717) is 16.7 Å². The summed E-state index contributed by atoms with van der Waals surface area (Å²) in [5.41, 5.74) is 6.53. The molecule has 0 saturated carbocycles. The number of carbonyl (C=O) groups excluding carboxylic acids is 1. The number of aromatic nitrogens is 2. The molecule has 22 heavy (non-hydrogen) atoms. The molecule has 1 aromatic carbocycles. The van der Waals surface area contributed by atoms with Crippen LogP contribution in [0.3, 0.4) is 0 Å². The van der Waals surface area contributed by atoms with Crippen molar-refractivity contribution in [2.24, 2.45) is 11.7 Å². The summed E-state index contributed by atoms with van der Waals surface area (Å²) >= 11 is 5.82. The zero-order valence-corrected chi connectivity index (χ0v) is 13.8. The minimum absolute atomic E-state index is 0. The molecule has 1 aromatic heterocycles. The van der Waals surface area contributed by atoms with Gasteiger partial charge in [0.25, 0.3) is 0 Å². The molecule has 0 aliphatic rings. The quantitative estimate of drug-likeness (QED) is 0.868. The average molecular weight is 345 g/mol. The molecule has 1 amide bonds. The Morgan fingerprint density at radius 1 is 1.36 bits per heavy atom. The molecule has 1 atom stereocenters. The number of halogens is 2. The maximum atomic E-state index is 11.7. The highest BCUT2D eigenvalue weighted by Crippen LogP contribution is 2.18. The van der Waals surface area contributed by atoms with Gasteiger partial charge in [0.1, 0.15) is 0 Å². The molecule has 2 aromatic rings. The van der Waals surface area contributed by atoms with Crippen molar-refractivity contribution in [1.82, 2.24) is 15.5 Å². The fraction of sp³-hybridized carbons (Fsp3) is 0.357. The monoisotopic (exact) mass is 344 g/mol. The van der Waals surface area contributed by atoms with Crippen LogP contribution in [0.1, 0.15) is 19.7 Å². The summed E-state index contributed by atoms with van der Waals surface area (Å²) in [6.07, 6.45) is 0. The second kappa shape index (κ2) is 8.12. The van der Waals surface area contributed by atoms with Gasteiger partial charge in [-0.2, -0.15) is 4.98 Å². The maximum absolute atomic E-state index is 11.7. The lowest BCUT2D eigenvalue weighted by Crippen LogP contribution is -2.43. The highest BCUT2D eigenvalue weighted by atomic mass is 35.5. The molecule has 0 bridgehead atoms. The molecule has 1 heterocycles. The van der Waals surface area contributed by atoms with Crippen LogP contribution >= 0.6 is 24.0 Å². The lowest BCUT2D eigenvalue weighted by Gasteiger charge is -2.14. The average Bonchev–Trinajstić information content (AvgIpc) is 2.93. The number of nitrogens with one attached hydrogen (secondary N) is 1. The lowest BCUT2D eigenvalue weighted by molar-refractivity contribution is -0.123. The first-order chi connectivity index (χ1) is 9.97. The van der Waals surface area contributed by atoms with E-state index in [2.05, 4.69) is 15.5 Å². The van der Waals surface area contributed by atoms with Crippen LogP contribution in [-0.2, 0) is 11.3 Å². The fourth-order valence-electron chi connectivity index (χ4n) is 1.63. The Balaban J connectivity index is 0.00000242. The number of nitrogens with zero attached hydrogens (tertiary/aromatic N) is 2. The van der Waals surface area contributed by atoms with E-state index in [1.807, 2.05) is 13.8 Å². The molecule has 6 nitrogen and oxygen atoms in total. The Bertz CT molecular complexity index is 614. The number of carbonyl (C=O) groups is 1. The van der Waals surface area contributed by atoms with Crippen LogP contribution in [0.15, 0.2) is 28.8 Å². The van der Waals surface area contributed by atoms with Crippen LogP contribution < -0.4 is 11.1 Å². The zero-order chi connectivity index (χ0) is 15.4. The molecule has 3 N–H and O–H groups in total. The van der Waals surface area contributed by atoms with Crippen LogP contribution in [0.4, 0.5) is 0 Å². The minimum atomic E-state index is -0.552. The second-order valence-corrected chi connectivity index (χ2v) is 5.44. The van der Waals surface area contributed by atoms with Crippen molar-refractivity contribution in [3.8, 4) is 11.4 Å². The molecule has 0 aliphatic carbocycles. The van der Waals surface area contributed by atoms with Crippen LogP contribution in [0.2, 0.25) is 5.02 Å². The van der Waals surface area contributed by atoms with Gasteiger partial charge in [-0.3, -0.25) is 4.79 Å². The van der Waals surface area contributed by atoms with E-state index in [1.165, 1.54) is 0 Å². The minimum Gasteiger partial charge on any atom is -0.346 e. The predicted octanol–water partition coefficient (Wildman–Crippen LogP) is 2.41. The van der Waals surface area contributed by atoms with Gasteiger partial charge in [-0.15, -0.1) is 12.4 Å². The molecule has 8 heteroatoms. The molecule has 0 unspecified atom stereocenters. The summed E-state index contributed by atoms with van der Waals surface area (Å²) in [6, 6.07) is 6.53. The number of rotatable bonds is 5. The zero-order valence-electron chi connectivity index (χ0n) is 12.2. The third-order valence-electron chi connectivity index (χ3n) is 3.01. The smallest absolute Gasteiger partial charge is 0.246 e. The van der Waals surface area contributed by atoms with Gasteiger partial charge in [0.15, 0.2) is 0 Å². The Morgan fingerprint density at radius 3 is 2.59 bits per heavy atom. The molecular formula is C14H18Cl2N4O2. The van der Waals surface area contributed by atoms with Gasteiger partial charge in [-0.25, -0.2) is 0 Å². The summed E-state index contributed by atoms with van der Waals surface area (Å²) in [4.78, 5) is 15.9. The van der Waals surface area contributed by atoms with Gasteiger partial charge in [0, 0.05) is 10.6 Å². The van der Waals surface area contributed by atoms with Crippen LogP contribution in [-0.4, -0.2) is 22.1 Å². The first-order valence-corrected chi connectivity index (χ1v) is 6.97. The van der Waals surface area contributed by atoms with Gasteiger partial charge < -0.3 is 15.6 Å². The van der Waals surface area contributed by atoms with Gasteiger partial charge in [-0.05, 0) is 30.2 Å². The molecule has 120 valence electrons. The predicted molar refractivity (Wildman–Crippen MR) is 86.7 cm³/mol. The summed E-state index contributed by atoms with van der Waals surface area (Å²) < 4.78 is 5.09. The third kappa shape index (κ3) is 4.69. The highest BCUT2D eigenvalue weighted by Gasteiger charge is 2.17. The summed E-state index contributed by atoms with van der Waals surface area (Å²) in [7, 11) is 0. The van der Waals surface area contributed by atoms with E-state index in [1.54, 1.807) is 24.3 Å². The fourth-order valence-corrected chi connectivity index (χ4v) is 1.75. The molecule has 0 saturated heterocycles. The Kier molecular flexibility index (Phi) is 6.80. The molecule has 0 radical (unpaired) electrons. The van der Waals surface area contributed by atoms with Crippen LogP contribution in [0, 0.1) is 5.92 Å². The summed E-state index contributed by atoms with van der Waals surface area (Å²) in [6.45, 7) is 3.92. The topological polar surface area (TPSA) is 94.0 Å². The molecule has 0 fully saturated rings.